The van der Waals surface area contributed by atoms with Crippen LogP contribution in [0, 0.1) is 0 Å². The smallest absolute Gasteiger partial charge is 0.328 e. The third-order valence-corrected chi connectivity index (χ3v) is 2.23. The molecule has 0 fully saturated rings. The molecule has 0 aliphatic carbocycles. The van der Waals surface area contributed by atoms with Gasteiger partial charge >= 0.3 is 11.9 Å². The molecule has 1 rings (SSSR count). The van der Waals surface area contributed by atoms with Crippen molar-refractivity contribution in [3.8, 4) is 0 Å². The predicted octanol–water partition coefficient (Wildman–Crippen LogP) is 0.202. The summed E-state index contributed by atoms with van der Waals surface area (Å²) in [6.45, 7) is 0. The molecule has 0 aromatic carbocycles. The molecular formula is C10H8ClN3O5. The fourth-order valence-electron chi connectivity index (χ4n) is 0.992. The Bertz CT molecular complexity index is 647. The van der Waals surface area contributed by atoms with Gasteiger partial charge in [-0.05, 0) is 6.08 Å². The summed E-state index contributed by atoms with van der Waals surface area (Å²) in [5.74, 6) is -3.31. The number of carbonyl (C=O) groups excluding carboxylic acids is 1. The molecule has 4 N–H and O–H groups in total. The van der Waals surface area contributed by atoms with Crippen molar-refractivity contribution < 1.29 is 19.8 Å². The van der Waals surface area contributed by atoms with Gasteiger partial charge < -0.3 is 15.9 Å². The average molecular weight is 286 g/mol. The molecule has 0 atom stereocenters. The number of anilines is 1. The van der Waals surface area contributed by atoms with Gasteiger partial charge in [-0.15, -0.1) is 0 Å². The van der Waals surface area contributed by atoms with E-state index in [9.17, 15) is 19.5 Å². The van der Waals surface area contributed by atoms with Crippen LogP contribution < -0.4 is 11.3 Å². The molecule has 0 saturated carbocycles. The number of aromatic nitrogens is 2. The third-order valence-electron chi connectivity index (χ3n) is 1.85. The average Bonchev–Trinajstić information content (AvgIpc) is 2.35. The monoisotopic (exact) mass is 285 g/mol. The Hall–Kier alpha value is -2.61. The number of hydrogen-bond donors (Lipinski definition) is 3. The topological polar surface area (TPSA) is 136 Å². The Labute approximate surface area is 111 Å². The van der Waals surface area contributed by atoms with E-state index in [1.54, 1.807) is 0 Å². The maximum Gasteiger partial charge on any atom is 0.328 e. The zero-order valence-electron chi connectivity index (χ0n) is 9.28. The van der Waals surface area contributed by atoms with Crippen LogP contribution in [0.5, 0.6) is 0 Å². The highest BCUT2D eigenvalue weighted by atomic mass is 35.5. The first-order valence-electron chi connectivity index (χ1n) is 4.73. The van der Waals surface area contributed by atoms with Crippen molar-refractivity contribution in [3.05, 3.63) is 45.6 Å². The van der Waals surface area contributed by atoms with E-state index in [0.29, 0.717) is 10.8 Å². The van der Waals surface area contributed by atoms with Gasteiger partial charge in [0.05, 0.1) is 11.9 Å². The lowest BCUT2D eigenvalue weighted by Crippen LogP contribution is -2.31. The zero-order chi connectivity index (χ0) is 14.6. The molecule has 1 aromatic heterocycles. The molecule has 0 radical (unpaired) electrons. The number of hydrogen-bond acceptors (Lipinski definition) is 6. The minimum atomic E-state index is -1.26. The van der Waals surface area contributed by atoms with Gasteiger partial charge in [0.1, 0.15) is 5.02 Å². The van der Waals surface area contributed by atoms with Gasteiger partial charge in [-0.1, -0.05) is 17.7 Å². The first-order chi connectivity index (χ1) is 8.84. The van der Waals surface area contributed by atoms with Crippen LogP contribution in [-0.2, 0) is 4.79 Å². The predicted molar refractivity (Wildman–Crippen MR) is 66.0 cm³/mol. The van der Waals surface area contributed by atoms with Crippen LogP contribution >= 0.6 is 11.6 Å². The van der Waals surface area contributed by atoms with Crippen LogP contribution in [0.2, 0.25) is 5.02 Å². The largest absolute Gasteiger partial charge is 0.503 e. The Balaban J connectivity index is 3.11. The van der Waals surface area contributed by atoms with Crippen molar-refractivity contribution in [1.29, 1.82) is 0 Å². The van der Waals surface area contributed by atoms with Gasteiger partial charge in [-0.3, -0.25) is 9.59 Å². The normalized spacial score (nSPS) is 11.7. The summed E-state index contributed by atoms with van der Waals surface area (Å²) in [5.41, 5.74) is 4.21. The molecule has 1 heterocycles. The molecule has 19 heavy (non-hydrogen) atoms. The van der Waals surface area contributed by atoms with Gasteiger partial charge in [-0.2, -0.15) is 9.78 Å². The first-order valence-corrected chi connectivity index (χ1v) is 5.10. The van der Waals surface area contributed by atoms with E-state index in [-0.39, 0.29) is 5.69 Å². The van der Waals surface area contributed by atoms with E-state index in [1.165, 1.54) is 0 Å². The summed E-state index contributed by atoms with van der Waals surface area (Å²) in [6, 6.07) is 0. The number of aliphatic hydroxyl groups excluding tert-OH is 1. The Morgan fingerprint density at radius 2 is 2.05 bits per heavy atom. The van der Waals surface area contributed by atoms with Crippen LogP contribution in [0.15, 0.2) is 35.0 Å². The number of aliphatic hydroxyl groups is 1. The van der Waals surface area contributed by atoms with Gasteiger partial charge in [0.15, 0.2) is 5.76 Å². The van der Waals surface area contributed by atoms with Crippen LogP contribution in [0.1, 0.15) is 4.79 Å². The summed E-state index contributed by atoms with van der Waals surface area (Å²) in [7, 11) is 0. The second-order valence-corrected chi connectivity index (χ2v) is 3.56. The lowest BCUT2D eigenvalue weighted by atomic mass is 10.3. The molecule has 0 spiro atoms. The lowest BCUT2D eigenvalue weighted by Gasteiger charge is -2.03. The highest BCUT2D eigenvalue weighted by molar-refractivity contribution is 6.32. The number of carboxylic acids is 1. The summed E-state index contributed by atoms with van der Waals surface area (Å²) < 4.78 is 0.305. The molecule has 9 heteroatoms. The summed E-state index contributed by atoms with van der Waals surface area (Å²) >= 11 is 5.53. The van der Waals surface area contributed by atoms with E-state index < -0.39 is 28.2 Å². The first kappa shape index (κ1) is 14.5. The molecule has 0 unspecified atom stereocenters. The van der Waals surface area contributed by atoms with Gasteiger partial charge in [0.2, 0.25) is 0 Å². The van der Waals surface area contributed by atoms with E-state index in [4.69, 9.17) is 22.4 Å². The van der Waals surface area contributed by atoms with Crippen LogP contribution in [0.25, 0.3) is 0 Å². The SMILES string of the molecule is Nc1cnn(C(=O)/C(O)=C\C=C\C(=O)O)c(=O)c1Cl. The van der Waals surface area contributed by atoms with Crippen molar-refractivity contribution in [2.75, 3.05) is 5.73 Å². The van der Waals surface area contributed by atoms with Crippen molar-refractivity contribution in [1.82, 2.24) is 9.78 Å². The molecule has 0 saturated heterocycles. The lowest BCUT2D eigenvalue weighted by molar-refractivity contribution is -0.131. The molecule has 100 valence electrons. The Morgan fingerprint density at radius 1 is 1.42 bits per heavy atom. The number of aliphatic carboxylic acids is 1. The zero-order valence-corrected chi connectivity index (χ0v) is 10.0. The van der Waals surface area contributed by atoms with Crippen molar-refractivity contribution in [2.24, 2.45) is 0 Å². The molecule has 0 aliphatic heterocycles. The van der Waals surface area contributed by atoms with Crippen LogP contribution in [0.3, 0.4) is 0 Å². The van der Waals surface area contributed by atoms with Crippen LogP contribution in [-0.4, -0.2) is 31.9 Å². The van der Waals surface area contributed by atoms with Gasteiger partial charge in [0.25, 0.3) is 5.56 Å². The Morgan fingerprint density at radius 3 is 2.63 bits per heavy atom. The van der Waals surface area contributed by atoms with Crippen molar-refractivity contribution in [3.63, 3.8) is 0 Å². The minimum Gasteiger partial charge on any atom is -0.503 e. The molecule has 1 aromatic rings. The van der Waals surface area contributed by atoms with Crippen molar-refractivity contribution >= 4 is 29.2 Å². The van der Waals surface area contributed by atoms with Gasteiger partial charge in [-0.25, -0.2) is 4.79 Å². The summed E-state index contributed by atoms with van der Waals surface area (Å²) in [5, 5.41) is 20.7. The standard InChI is InChI=1S/C10H8ClN3O5/c11-8-5(12)4-13-14(10(8)19)9(18)6(15)2-1-3-7(16)17/h1-4,15H,12H2,(H,16,17)/b3-1+,6-2+. The number of carbonyl (C=O) groups is 2. The highest BCUT2D eigenvalue weighted by Gasteiger charge is 2.16. The van der Waals surface area contributed by atoms with E-state index >= 15 is 0 Å². The molecule has 8 nitrogen and oxygen atoms in total. The van der Waals surface area contributed by atoms with Gasteiger partial charge in [0, 0.05) is 6.08 Å². The fraction of sp³-hybridized carbons (Fsp3) is 0. The number of carboxylic acid groups (broad SMARTS) is 1. The minimum absolute atomic E-state index is 0.107. The number of nitrogen functional groups attached to an aromatic ring is 1. The molecular weight excluding hydrogens is 278 g/mol. The third kappa shape index (κ3) is 3.42. The number of nitrogens with zero attached hydrogens (tertiary/aromatic N) is 2. The number of allylic oxidation sites excluding steroid dienone is 3. The van der Waals surface area contributed by atoms with E-state index in [1.807, 2.05) is 0 Å². The fourth-order valence-corrected chi connectivity index (χ4v) is 1.12. The maximum atomic E-state index is 11.6. The highest BCUT2D eigenvalue weighted by Crippen LogP contribution is 2.10. The van der Waals surface area contributed by atoms with E-state index in [0.717, 1.165) is 18.3 Å². The number of rotatable bonds is 3. The quantitative estimate of drug-likeness (QED) is 0.410. The number of halogens is 1. The Kier molecular flexibility index (Phi) is 4.43. The van der Waals surface area contributed by atoms with E-state index in [2.05, 4.69) is 5.10 Å². The number of nitrogens with two attached hydrogens (primary N) is 1. The summed E-state index contributed by atoms with van der Waals surface area (Å²) in [4.78, 5) is 33.3. The second kappa shape index (κ2) is 5.83. The second-order valence-electron chi connectivity index (χ2n) is 3.19. The maximum absolute atomic E-state index is 11.6. The van der Waals surface area contributed by atoms with Crippen LogP contribution in [0.4, 0.5) is 5.69 Å². The molecule has 0 bridgehead atoms. The van der Waals surface area contributed by atoms with Crippen molar-refractivity contribution in [2.45, 2.75) is 0 Å². The molecule has 0 amide bonds. The molecule has 0 aliphatic rings. The summed E-state index contributed by atoms with van der Waals surface area (Å²) in [6.07, 6.45) is 3.38.